The van der Waals surface area contributed by atoms with Crippen molar-refractivity contribution in [1.82, 2.24) is 14.7 Å². The van der Waals surface area contributed by atoms with E-state index in [1.54, 1.807) is 32.1 Å². The lowest BCUT2D eigenvalue weighted by atomic mass is 10.2. The second-order valence-corrected chi connectivity index (χ2v) is 7.59. The molecule has 0 saturated heterocycles. The van der Waals surface area contributed by atoms with Crippen LogP contribution in [-0.2, 0) is 13.2 Å². The van der Waals surface area contributed by atoms with Gasteiger partial charge in [-0.15, -0.1) is 5.10 Å². The van der Waals surface area contributed by atoms with Gasteiger partial charge in [0.25, 0.3) is 4.84 Å². The number of benzene rings is 2. The first-order chi connectivity index (χ1) is 14.6. The lowest BCUT2D eigenvalue weighted by molar-refractivity contribution is 0.184. The van der Waals surface area contributed by atoms with Crippen LogP contribution in [0.15, 0.2) is 46.9 Å². The zero-order chi connectivity index (χ0) is 21.1. The van der Waals surface area contributed by atoms with Gasteiger partial charge in [0, 0.05) is 24.2 Å². The fourth-order valence-electron chi connectivity index (χ4n) is 3.31. The molecule has 30 heavy (non-hydrogen) atoms. The van der Waals surface area contributed by atoms with E-state index >= 15 is 0 Å². The third-order valence-electron chi connectivity index (χ3n) is 5.13. The van der Waals surface area contributed by atoms with E-state index in [1.165, 1.54) is 18.4 Å². The molecule has 0 N–H and O–H groups in total. The van der Waals surface area contributed by atoms with Crippen molar-refractivity contribution in [2.45, 2.75) is 32.1 Å². The molecule has 0 spiro atoms. The van der Waals surface area contributed by atoms with Crippen LogP contribution in [-0.4, -0.2) is 42.1 Å². The topological polar surface area (TPSA) is 61.9 Å². The molecule has 158 valence electrons. The molecule has 1 fully saturated rings. The highest BCUT2D eigenvalue weighted by Gasteiger charge is 2.30. The summed E-state index contributed by atoms with van der Waals surface area (Å²) in [6.07, 6.45) is 2.36. The highest BCUT2D eigenvalue weighted by molar-refractivity contribution is 7.71. The number of aromatic nitrogens is 2. The van der Waals surface area contributed by atoms with E-state index in [1.807, 2.05) is 24.3 Å². The summed E-state index contributed by atoms with van der Waals surface area (Å²) in [7, 11) is 4.90. The Labute approximate surface area is 180 Å². The molecule has 1 heterocycles. The second kappa shape index (κ2) is 8.89. The van der Waals surface area contributed by atoms with E-state index in [2.05, 4.69) is 22.1 Å². The molecule has 0 unspecified atom stereocenters. The summed E-state index contributed by atoms with van der Waals surface area (Å²) in [5.74, 6) is 2.63. The van der Waals surface area contributed by atoms with Gasteiger partial charge in [0.2, 0.25) is 5.89 Å². The molecule has 0 radical (unpaired) electrons. The van der Waals surface area contributed by atoms with Gasteiger partial charge in [-0.2, -0.15) is 0 Å². The van der Waals surface area contributed by atoms with Gasteiger partial charge in [-0.1, -0.05) is 12.1 Å². The van der Waals surface area contributed by atoms with Crippen LogP contribution in [0.3, 0.4) is 0 Å². The van der Waals surface area contributed by atoms with Crippen LogP contribution in [0.25, 0.3) is 11.5 Å². The summed E-state index contributed by atoms with van der Waals surface area (Å²) in [6, 6.07) is 14.2. The molecule has 1 saturated carbocycles. The first-order valence-electron chi connectivity index (χ1n) is 9.78. The lowest BCUT2D eigenvalue weighted by Gasteiger charge is -2.21. The minimum absolute atomic E-state index is 0.340. The van der Waals surface area contributed by atoms with Crippen molar-refractivity contribution >= 4 is 12.2 Å². The molecule has 4 rings (SSSR count). The maximum atomic E-state index is 5.79. The average Bonchev–Trinajstić information content (AvgIpc) is 3.56. The minimum Gasteiger partial charge on any atom is -0.497 e. The van der Waals surface area contributed by atoms with E-state index < -0.39 is 0 Å². The highest BCUT2D eigenvalue weighted by atomic mass is 32.1. The Bertz CT molecular complexity index is 1030. The maximum Gasteiger partial charge on any atom is 0.288 e. The molecule has 0 amide bonds. The van der Waals surface area contributed by atoms with Gasteiger partial charge in [0.05, 0.1) is 28.0 Å². The first-order valence-corrected chi connectivity index (χ1v) is 10.2. The summed E-state index contributed by atoms with van der Waals surface area (Å²) < 4.78 is 23.5. The van der Waals surface area contributed by atoms with E-state index in [4.69, 9.17) is 30.8 Å². The number of rotatable bonds is 9. The van der Waals surface area contributed by atoms with E-state index in [0.717, 1.165) is 17.9 Å². The van der Waals surface area contributed by atoms with Gasteiger partial charge in [0.15, 0.2) is 0 Å². The van der Waals surface area contributed by atoms with Gasteiger partial charge in [0.1, 0.15) is 17.2 Å². The predicted octanol–water partition coefficient (Wildman–Crippen LogP) is 4.52. The van der Waals surface area contributed by atoms with Crippen molar-refractivity contribution in [3.8, 4) is 28.7 Å². The largest absolute Gasteiger partial charge is 0.497 e. The number of methoxy groups -OCH3 is 3. The van der Waals surface area contributed by atoms with Gasteiger partial charge >= 0.3 is 0 Å². The van der Waals surface area contributed by atoms with Crippen molar-refractivity contribution in [1.29, 1.82) is 0 Å². The van der Waals surface area contributed by atoms with Crippen LogP contribution in [0, 0.1) is 4.84 Å². The smallest absolute Gasteiger partial charge is 0.288 e. The number of nitrogens with zero attached hydrogens (tertiary/aromatic N) is 3. The Morgan fingerprint density at radius 3 is 2.20 bits per heavy atom. The Morgan fingerprint density at radius 2 is 1.63 bits per heavy atom. The molecule has 0 atom stereocenters. The van der Waals surface area contributed by atoms with Crippen molar-refractivity contribution < 1.29 is 18.6 Å². The van der Waals surface area contributed by atoms with Crippen LogP contribution in [0.4, 0.5) is 0 Å². The normalized spacial score (nSPS) is 13.5. The summed E-state index contributed by atoms with van der Waals surface area (Å²) in [5, 5.41) is 4.62. The van der Waals surface area contributed by atoms with Crippen molar-refractivity contribution in [2.24, 2.45) is 0 Å². The molecule has 8 heteroatoms. The molecule has 1 aromatic heterocycles. The Balaban J connectivity index is 1.55. The maximum absolute atomic E-state index is 5.79. The monoisotopic (exact) mass is 427 g/mol. The molecular formula is C22H25N3O4S. The quantitative estimate of drug-likeness (QED) is 0.465. The van der Waals surface area contributed by atoms with Crippen molar-refractivity contribution in [2.75, 3.05) is 21.3 Å². The molecule has 0 aliphatic heterocycles. The fourth-order valence-corrected chi connectivity index (χ4v) is 3.49. The van der Waals surface area contributed by atoms with E-state index in [0.29, 0.717) is 34.9 Å². The minimum atomic E-state index is 0.340. The van der Waals surface area contributed by atoms with Crippen LogP contribution in [0.2, 0.25) is 0 Å². The molecule has 0 bridgehead atoms. The Hall–Kier alpha value is -2.84. The predicted molar refractivity (Wildman–Crippen MR) is 115 cm³/mol. The van der Waals surface area contributed by atoms with Crippen molar-refractivity contribution in [3.63, 3.8) is 0 Å². The zero-order valence-corrected chi connectivity index (χ0v) is 18.1. The van der Waals surface area contributed by atoms with Crippen LogP contribution in [0.5, 0.6) is 17.2 Å². The standard InChI is InChI=1S/C22H25N3O4S/c1-26-18-8-4-15(5-9-18)13-24(17-6-7-17)14-25-22(30)29-21(23-25)16-10-19(27-2)12-20(11-16)28-3/h4-5,8-12,17H,6-7,13-14H2,1-3H3. The lowest BCUT2D eigenvalue weighted by Crippen LogP contribution is -2.28. The zero-order valence-electron chi connectivity index (χ0n) is 17.3. The number of ether oxygens (including phenoxy) is 3. The van der Waals surface area contributed by atoms with Gasteiger partial charge in [-0.05, 0) is 54.9 Å². The fraction of sp³-hybridized carbons (Fsp3) is 0.364. The second-order valence-electron chi connectivity index (χ2n) is 7.24. The number of hydrogen-bond donors (Lipinski definition) is 0. The molecular weight excluding hydrogens is 402 g/mol. The van der Waals surface area contributed by atoms with E-state index in [9.17, 15) is 0 Å². The first kappa shape index (κ1) is 20.4. The summed E-state index contributed by atoms with van der Waals surface area (Å²) in [5.41, 5.74) is 1.97. The molecule has 1 aliphatic carbocycles. The Kier molecular flexibility index (Phi) is 6.06. The summed E-state index contributed by atoms with van der Waals surface area (Å²) in [6.45, 7) is 1.38. The Morgan fingerprint density at radius 1 is 1.00 bits per heavy atom. The SMILES string of the molecule is COc1ccc(CN(Cn2nc(-c3cc(OC)cc(OC)c3)oc2=S)C2CC2)cc1. The van der Waals surface area contributed by atoms with E-state index in [-0.39, 0.29) is 0 Å². The third kappa shape index (κ3) is 4.66. The number of hydrogen-bond acceptors (Lipinski definition) is 7. The van der Waals surface area contributed by atoms with Crippen molar-refractivity contribution in [3.05, 3.63) is 52.9 Å². The van der Waals surface area contributed by atoms with Gasteiger partial charge in [-0.3, -0.25) is 4.90 Å². The molecule has 3 aromatic rings. The molecule has 2 aromatic carbocycles. The van der Waals surface area contributed by atoms with Crippen LogP contribution in [0.1, 0.15) is 18.4 Å². The average molecular weight is 428 g/mol. The molecule has 1 aliphatic rings. The third-order valence-corrected chi connectivity index (χ3v) is 5.42. The van der Waals surface area contributed by atoms with Gasteiger partial charge < -0.3 is 18.6 Å². The highest BCUT2D eigenvalue weighted by Crippen LogP contribution is 2.31. The van der Waals surface area contributed by atoms with Crippen LogP contribution < -0.4 is 14.2 Å². The summed E-state index contributed by atoms with van der Waals surface area (Å²) >= 11 is 5.45. The molecule has 7 nitrogen and oxygen atoms in total. The van der Waals surface area contributed by atoms with Gasteiger partial charge in [-0.25, -0.2) is 4.68 Å². The summed E-state index contributed by atoms with van der Waals surface area (Å²) in [4.78, 5) is 2.71. The van der Waals surface area contributed by atoms with Crippen LogP contribution >= 0.6 is 12.2 Å².